The van der Waals surface area contributed by atoms with E-state index in [1.165, 1.54) is 34.0 Å². The number of hydrogen-bond acceptors (Lipinski definition) is 5. The van der Waals surface area contributed by atoms with Crippen LogP contribution in [0.15, 0.2) is 24.5 Å². The van der Waals surface area contributed by atoms with E-state index in [1.807, 2.05) is 6.07 Å². The van der Waals surface area contributed by atoms with Gasteiger partial charge in [-0.1, -0.05) is 0 Å². The van der Waals surface area contributed by atoms with E-state index >= 15 is 0 Å². The SMILES string of the molecule is CN(Cc1cc(C#N)ccc1F)c1c([N+](=O)[O-])ncn1C. The molecule has 8 heteroatoms. The van der Waals surface area contributed by atoms with Gasteiger partial charge in [-0.25, -0.2) is 4.39 Å². The largest absolute Gasteiger partial charge is 0.406 e. The van der Waals surface area contributed by atoms with E-state index in [1.54, 1.807) is 14.1 Å². The third-order valence-corrected chi connectivity index (χ3v) is 3.00. The predicted molar refractivity (Wildman–Crippen MR) is 73.1 cm³/mol. The minimum atomic E-state index is -0.589. The van der Waals surface area contributed by atoms with Crippen LogP contribution in [0.2, 0.25) is 0 Å². The molecule has 0 saturated carbocycles. The highest BCUT2D eigenvalue weighted by Gasteiger charge is 2.24. The summed E-state index contributed by atoms with van der Waals surface area (Å²) in [5.41, 5.74) is 0.617. The van der Waals surface area contributed by atoms with Crippen molar-refractivity contribution in [2.75, 3.05) is 11.9 Å². The lowest BCUT2D eigenvalue weighted by Gasteiger charge is -2.18. The Morgan fingerprint density at radius 2 is 2.29 bits per heavy atom. The summed E-state index contributed by atoms with van der Waals surface area (Å²) in [5.74, 6) is -0.496. The topological polar surface area (TPSA) is 88.0 Å². The van der Waals surface area contributed by atoms with Crippen molar-refractivity contribution in [3.05, 3.63) is 51.6 Å². The summed E-state index contributed by atoms with van der Waals surface area (Å²) in [4.78, 5) is 15.6. The van der Waals surface area contributed by atoms with E-state index < -0.39 is 10.7 Å². The first-order valence-corrected chi connectivity index (χ1v) is 5.99. The summed E-state index contributed by atoms with van der Waals surface area (Å²) in [5, 5.41) is 19.8. The van der Waals surface area contributed by atoms with E-state index in [9.17, 15) is 14.5 Å². The standard InChI is InChI=1S/C13H12FN5O2/c1-17(13-12(19(20)21)16-8-18(13)2)7-10-5-9(6-15)3-4-11(10)14/h3-5,8H,7H2,1-2H3. The smallest absolute Gasteiger partial charge is 0.358 e. The fourth-order valence-corrected chi connectivity index (χ4v) is 2.08. The second-order valence-electron chi connectivity index (χ2n) is 4.53. The molecule has 2 rings (SSSR count). The summed E-state index contributed by atoms with van der Waals surface area (Å²) in [6.07, 6.45) is 1.33. The van der Waals surface area contributed by atoms with Gasteiger partial charge in [0.15, 0.2) is 0 Å². The Morgan fingerprint density at radius 1 is 1.57 bits per heavy atom. The molecule has 108 valence electrons. The molecule has 0 bridgehead atoms. The second-order valence-corrected chi connectivity index (χ2v) is 4.53. The number of aryl methyl sites for hydroxylation is 1. The van der Waals surface area contributed by atoms with Crippen molar-refractivity contribution in [3.8, 4) is 6.07 Å². The van der Waals surface area contributed by atoms with Crippen LogP contribution in [-0.4, -0.2) is 21.5 Å². The number of halogens is 1. The van der Waals surface area contributed by atoms with Crippen LogP contribution in [0, 0.1) is 27.3 Å². The molecule has 0 N–H and O–H groups in total. The van der Waals surface area contributed by atoms with Crippen molar-refractivity contribution in [3.63, 3.8) is 0 Å². The van der Waals surface area contributed by atoms with Gasteiger partial charge in [0.25, 0.3) is 0 Å². The van der Waals surface area contributed by atoms with Crippen LogP contribution in [0.25, 0.3) is 0 Å². The molecular weight excluding hydrogens is 277 g/mol. The zero-order valence-corrected chi connectivity index (χ0v) is 11.4. The predicted octanol–water partition coefficient (Wildman–Crippen LogP) is 1.98. The maximum absolute atomic E-state index is 13.8. The number of benzene rings is 1. The molecule has 1 heterocycles. The van der Waals surface area contributed by atoms with Crippen molar-refractivity contribution >= 4 is 11.6 Å². The van der Waals surface area contributed by atoms with Crippen LogP contribution >= 0.6 is 0 Å². The molecule has 0 unspecified atom stereocenters. The summed E-state index contributed by atoms with van der Waals surface area (Å²) < 4.78 is 15.3. The van der Waals surface area contributed by atoms with Crippen LogP contribution in [0.1, 0.15) is 11.1 Å². The molecular formula is C13H12FN5O2. The molecule has 0 saturated heterocycles. The number of anilines is 1. The Bertz CT molecular complexity index is 735. The molecule has 2 aromatic rings. The van der Waals surface area contributed by atoms with E-state index in [0.29, 0.717) is 5.56 Å². The summed E-state index contributed by atoms with van der Waals surface area (Å²) in [7, 11) is 3.22. The van der Waals surface area contributed by atoms with Crippen molar-refractivity contribution in [2.45, 2.75) is 6.54 Å². The quantitative estimate of drug-likeness (QED) is 0.634. The van der Waals surface area contributed by atoms with Gasteiger partial charge >= 0.3 is 5.82 Å². The number of aromatic nitrogens is 2. The monoisotopic (exact) mass is 289 g/mol. The maximum Gasteiger partial charge on any atom is 0.406 e. The molecule has 21 heavy (non-hydrogen) atoms. The first-order valence-electron chi connectivity index (χ1n) is 5.99. The van der Waals surface area contributed by atoms with Crippen molar-refractivity contribution in [1.29, 1.82) is 5.26 Å². The van der Waals surface area contributed by atoms with Gasteiger partial charge < -0.3 is 15.0 Å². The molecule has 0 aliphatic carbocycles. The van der Waals surface area contributed by atoms with Gasteiger partial charge in [-0.05, 0) is 28.1 Å². The second kappa shape index (κ2) is 5.58. The fraction of sp³-hybridized carbons (Fsp3) is 0.231. The number of imidazole rings is 1. The number of rotatable bonds is 4. The Kier molecular flexibility index (Phi) is 3.84. The molecule has 0 aliphatic heterocycles. The van der Waals surface area contributed by atoms with Crippen LogP contribution in [0.5, 0.6) is 0 Å². The molecule has 0 spiro atoms. The highest BCUT2D eigenvalue weighted by Crippen LogP contribution is 2.26. The summed E-state index contributed by atoms with van der Waals surface area (Å²) in [6, 6.07) is 5.95. The Morgan fingerprint density at radius 3 is 2.90 bits per heavy atom. The van der Waals surface area contributed by atoms with E-state index in [2.05, 4.69) is 4.98 Å². The lowest BCUT2D eigenvalue weighted by molar-refractivity contribution is -0.388. The van der Waals surface area contributed by atoms with Gasteiger partial charge in [-0.15, -0.1) is 0 Å². The van der Waals surface area contributed by atoms with Gasteiger partial charge in [0.1, 0.15) is 5.82 Å². The van der Waals surface area contributed by atoms with Crippen LogP contribution in [0.4, 0.5) is 16.0 Å². The normalized spacial score (nSPS) is 10.2. The molecule has 7 nitrogen and oxygen atoms in total. The van der Waals surface area contributed by atoms with Crippen LogP contribution in [0.3, 0.4) is 0 Å². The van der Waals surface area contributed by atoms with Gasteiger partial charge in [0.05, 0.1) is 11.6 Å². The number of hydrogen-bond donors (Lipinski definition) is 0. The molecule has 0 atom stereocenters. The molecule has 0 amide bonds. The van der Waals surface area contributed by atoms with Gasteiger partial charge in [0, 0.05) is 26.2 Å². The zero-order chi connectivity index (χ0) is 15.6. The van der Waals surface area contributed by atoms with Gasteiger partial charge in [-0.2, -0.15) is 5.26 Å². The number of nitro groups is 1. The summed E-state index contributed by atoms with van der Waals surface area (Å²) in [6.45, 7) is 0.0850. The zero-order valence-electron chi connectivity index (χ0n) is 11.4. The minimum absolute atomic E-state index is 0.0850. The Balaban J connectivity index is 2.35. The van der Waals surface area contributed by atoms with Crippen molar-refractivity contribution < 1.29 is 9.31 Å². The molecule has 1 aromatic heterocycles. The third-order valence-electron chi connectivity index (χ3n) is 3.00. The first kappa shape index (κ1) is 14.5. The fourth-order valence-electron chi connectivity index (χ4n) is 2.08. The van der Waals surface area contributed by atoms with Gasteiger partial charge in [-0.3, -0.25) is 4.57 Å². The third kappa shape index (κ3) is 2.81. The number of nitriles is 1. The average molecular weight is 289 g/mol. The van der Waals surface area contributed by atoms with Crippen molar-refractivity contribution in [2.24, 2.45) is 7.05 Å². The van der Waals surface area contributed by atoms with Crippen molar-refractivity contribution in [1.82, 2.24) is 9.55 Å². The molecule has 1 aromatic carbocycles. The van der Waals surface area contributed by atoms with E-state index in [0.717, 1.165) is 0 Å². The molecule has 0 fully saturated rings. The first-order chi connectivity index (χ1) is 9.93. The minimum Gasteiger partial charge on any atom is -0.358 e. The lowest BCUT2D eigenvalue weighted by Crippen LogP contribution is -2.20. The van der Waals surface area contributed by atoms with E-state index in [4.69, 9.17) is 5.26 Å². The Labute approximate surface area is 120 Å². The highest BCUT2D eigenvalue weighted by atomic mass is 19.1. The Hall–Kier alpha value is -2.95. The number of nitrogens with zero attached hydrogens (tertiary/aromatic N) is 5. The molecule has 0 radical (unpaired) electrons. The van der Waals surface area contributed by atoms with Crippen LogP contribution < -0.4 is 4.90 Å². The highest BCUT2D eigenvalue weighted by molar-refractivity contribution is 5.54. The van der Waals surface area contributed by atoms with E-state index in [-0.39, 0.29) is 23.7 Å². The maximum atomic E-state index is 13.8. The molecule has 0 aliphatic rings. The summed E-state index contributed by atoms with van der Waals surface area (Å²) >= 11 is 0. The van der Waals surface area contributed by atoms with Crippen LogP contribution in [-0.2, 0) is 13.6 Å². The lowest BCUT2D eigenvalue weighted by atomic mass is 10.1. The van der Waals surface area contributed by atoms with Gasteiger partial charge in [0.2, 0.25) is 12.1 Å². The average Bonchev–Trinajstić information content (AvgIpc) is 2.83.